The normalized spacial score (nSPS) is 12.6. The van der Waals surface area contributed by atoms with Crippen molar-refractivity contribution in [2.45, 2.75) is 25.6 Å². The first-order valence-electron chi connectivity index (χ1n) is 9.40. The van der Waals surface area contributed by atoms with Gasteiger partial charge in [-0.1, -0.05) is 6.07 Å². The van der Waals surface area contributed by atoms with E-state index in [1.165, 1.54) is 16.9 Å². The van der Waals surface area contributed by atoms with Gasteiger partial charge in [-0.3, -0.25) is 4.98 Å². The third-order valence-corrected chi connectivity index (χ3v) is 5.02. The minimum atomic E-state index is -4.43. The highest BCUT2D eigenvalue weighted by atomic mass is 19.4. The number of nitriles is 1. The molecule has 9 heteroatoms. The molecule has 4 rings (SSSR count). The number of aromatic nitrogens is 4. The Morgan fingerprint density at radius 2 is 2.00 bits per heavy atom. The first-order chi connectivity index (χ1) is 14.8. The Hall–Kier alpha value is -3.77. The lowest BCUT2D eigenvalue weighted by molar-refractivity contribution is -0.137. The van der Waals surface area contributed by atoms with E-state index in [0.717, 1.165) is 17.7 Å². The van der Waals surface area contributed by atoms with Gasteiger partial charge in [-0.05, 0) is 48.9 Å². The molecule has 156 valence electrons. The Balaban J connectivity index is 1.73. The zero-order valence-corrected chi connectivity index (χ0v) is 16.4. The summed E-state index contributed by atoms with van der Waals surface area (Å²) in [4.78, 5) is 8.74. The van der Waals surface area contributed by atoms with Crippen LogP contribution in [0.5, 0.6) is 0 Å². The maximum Gasteiger partial charge on any atom is 0.416 e. The van der Waals surface area contributed by atoms with Crippen LogP contribution in [0.15, 0.2) is 54.9 Å². The fourth-order valence-corrected chi connectivity index (χ4v) is 3.42. The van der Waals surface area contributed by atoms with Crippen LogP contribution in [-0.4, -0.2) is 19.7 Å². The van der Waals surface area contributed by atoms with Crippen LogP contribution >= 0.6 is 0 Å². The topological polar surface area (TPSA) is 93.4 Å². The fourth-order valence-electron chi connectivity index (χ4n) is 3.42. The number of nitrogens with two attached hydrogens (primary N) is 1. The summed E-state index contributed by atoms with van der Waals surface area (Å²) in [5, 5.41) is 13.7. The SMILES string of the molecule is Cc1ccc(C#N)nc1CC(N)c1ncccc1-n1ncc2cc(C(F)(F)F)ccc21. The van der Waals surface area contributed by atoms with Gasteiger partial charge in [0.25, 0.3) is 0 Å². The molecule has 0 saturated carbocycles. The molecule has 0 fully saturated rings. The van der Waals surface area contributed by atoms with Gasteiger partial charge in [0.2, 0.25) is 0 Å². The van der Waals surface area contributed by atoms with E-state index in [1.807, 2.05) is 19.1 Å². The van der Waals surface area contributed by atoms with E-state index in [1.54, 1.807) is 24.4 Å². The van der Waals surface area contributed by atoms with Gasteiger partial charge in [-0.2, -0.15) is 23.5 Å². The fraction of sp³-hybridized carbons (Fsp3) is 0.182. The molecule has 0 aliphatic heterocycles. The van der Waals surface area contributed by atoms with Gasteiger partial charge >= 0.3 is 6.18 Å². The van der Waals surface area contributed by atoms with E-state index in [4.69, 9.17) is 11.0 Å². The third-order valence-electron chi connectivity index (χ3n) is 5.02. The van der Waals surface area contributed by atoms with E-state index in [0.29, 0.717) is 40.1 Å². The summed E-state index contributed by atoms with van der Waals surface area (Å²) in [5.41, 5.74) is 9.19. The summed E-state index contributed by atoms with van der Waals surface area (Å²) in [6, 6.07) is 11.9. The lowest BCUT2D eigenvalue weighted by atomic mass is 10.0. The molecule has 0 spiro atoms. The number of alkyl halides is 3. The minimum absolute atomic E-state index is 0.299. The Morgan fingerprint density at radius 1 is 1.19 bits per heavy atom. The molecule has 3 heterocycles. The van der Waals surface area contributed by atoms with E-state index in [2.05, 4.69) is 15.1 Å². The molecule has 31 heavy (non-hydrogen) atoms. The first-order valence-corrected chi connectivity index (χ1v) is 9.40. The van der Waals surface area contributed by atoms with Crippen LogP contribution in [0.1, 0.15) is 34.3 Å². The number of rotatable bonds is 4. The number of hydrogen-bond acceptors (Lipinski definition) is 5. The van der Waals surface area contributed by atoms with Crippen molar-refractivity contribution in [1.82, 2.24) is 19.7 Å². The Kier molecular flexibility index (Phi) is 5.17. The number of halogens is 3. The van der Waals surface area contributed by atoms with Crippen LogP contribution in [0.25, 0.3) is 16.6 Å². The average Bonchev–Trinajstić information content (AvgIpc) is 3.18. The monoisotopic (exact) mass is 422 g/mol. The highest BCUT2D eigenvalue weighted by molar-refractivity contribution is 5.81. The molecule has 0 aliphatic carbocycles. The number of aryl methyl sites for hydroxylation is 1. The van der Waals surface area contributed by atoms with Crippen molar-refractivity contribution >= 4 is 10.9 Å². The Bertz CT molecular complexity index is 1300. The molecule has 1 aromatic carbocycles. The predicted molar refractivity (Wildman–Crippen MR) is 108 cm³/mol. The number of fused-ring (bicyclic) bond motifs is 1. The van der Waals surface area contributed by atoms with Crippen molar-refractivity contribution < 1.29 is 13.2 Å². The molecule has 0 aliphatic rings. The van der Waals surface area contributed by atoms with Gasteiger partial charge in [0.05, 0.1) is 34.7 Å². The van der Waals surface area contributed by atoms with Crippen molar-refractivity contribution in [1.29, 1.82) is 5.26 Å². The van der Waals surface area contributed by atoms with Gasteiger partial charge in [0.15, 0.2) is 0 Å². The molecule has 6 nitrogen and oxygen atoms in total. The molecule has 0 bridgehead atoms. The second kappa shape index (κ2) is 7.81. The molecule has 0 radical (unpaired) electrons. The number of benzene rings is 1. The maximum absolute atomic E-state index is 13.0. The maximum atomic E-state index is 13.0. The van der Waals surface area contributed by atoms with Crippen LogP contribution in [0, 0.1) is 18.3 Å². The molecule has 2 N–H and O–H groups in total. The molecule has 4 aromatic rings. The lowest BCUT2D eigenvalue weighted by Crippen LogP contribution is -2.19. The van der Waals surface area contributed by atoms with Gasteiger partial charge in [0, 0.05) is 23.7 Å². The standard InChI is InChI=1S/C22H17F3N6/c1-13-4-6-16(11-26)30-18(13)10-17(27)21-20(3-2-8-28-21)31-19-7-5-15(22(23,24)25)9-14(19)12-29-31/h2-9,12,17H,10,27H2,1H3. The van der Waals surface area contributed by atoms with Crippen molar-refractivity contribution in [3.63, 3.8) is 0 Å². The largest absolute Gasteiger partial charge is 0.416 e. The second-order valence-corrected chi connectivity index (χ2v) is 7.12. The molecule has 3 aromatic heterocycles. The Labute approximate surface area is 175 Å². The van der Waals surface area contributed by atoms with Crippen molar-refractivity contribution in [3.05, 3.63) is 83.1 Å². The van der Waals surface area contributed by atoms with Crippen LogP contribution in [0.3, 0.4) is 0 Å². The summed E-state index contributed by atoms with van der Waals surface area (Å²) < 4.78 is 40.6. The predicted octanol–water partition coefficient (Wildman–Crippen LogP) is 4.26. The molecule has 1 atom stereocenters. The summed E-state index contributed by atoms with van der Waals surface area (Å²) in [5.74, 6) is 0. The quantitative estimate of drug-likeness (QED) is 0.531. The van der Waals surface area contributed by atoms with E-state index < -0.39 is 17.8 Å². The summed E-state index contributed by atoms with van der Waals surface area (Å²) in [7, 11) is 0. The minimum Gasteiger partial charge on any atom is -0.322 e. The second-order valence-electron chi connectivity index (χ2n) is 7.12. The number of pyridine rings is 2. The molecular weight excluding hydrogens is 405 g/mol. The highest BCUT2D eigenvalue weighted by Crippen LogP contribution is 2.32. The highest BCUT2D eigenvalue weighted by Gasteiger charge is 2.31. The van der Waals surface area contributed by atoms with Crippen molar-refractivity contribution in [2.75, 3.05) is 0 Å². The summed E-state index contributed by atoms with van der Waals surface area (Å²) in [6.07, 6.45) is -1.11. The van der Waals surface area contributed by atoms with Crippen LogP contribution in [0.2, 0.25) is 0 Å². The molecule has 0 amide bonds. The van der Waals surface area contributed by atoms with Crippen LogP contribution in [0.4, 0.5) is 13.2 Å². The smallest absolute Gasteiger partial charge is 0.322 e. The van der Waals surface area contributed by atoms with Gasteiger partial charge in [-0.25, -0.2) is 9.67 Å². The number of hydrogen-bond donors (Lipinski definition) is 1. The zero-order valence-electron chi connectivity index (χ0n) is 16.4. The van der Waals surface area contributed by atoms with E-state index in [9.17, 15) is 13.2 Å². The molecular formula is C22H17F3N6. The van der Waals surface area contributed by atoms with Gasteiger partial charge < -0.3 is 5.73 Å². The van der Waals surface area contributed by atoms with Crippen molar-refractivity contribution in [2.24, 2.45) is 5.73 Å². The van der Waals surface area contributed by atoms with Crippen molar-refractivity contribution in [3.8, 4) is 11.8 Å². The zero-order chi connectivity index (χ0) is 22.2. The molecule has 1 unspecified atom stereocenters. The lowest BCUT2D eigenvalue weighted by Gasteiger charge is -2.17. The van der Waals surface area contributed by atoms with Gasteiger partial charge in [0.1, 0.15) is 11.8 Å². The third kappa shape index (κ3) is 3.98. The Morgan fingerprint density at radius 3 is 2.74 bits per heavy atom. The summed E-state index contributed by atoms with van der Waals surface area (Å²) in [6.45, 7) is 1.88. The van der Waals surface area contributed by atoms with Crippen LogP contribution in [-0.2, 0) is 12.6 Å². The number of nitrogens with zero attached hydrogens (tertiary/aromatic N) is 5. The first kappa shape index (κ1) is 20.5. The van der Waals surface area contributed by atoms with E-state index >= 15 is 0 Å². The molecule has 0 saturated heterocycles. The van der Waals surface area contributed by atoms with E-state index in [-0.39, 0.29) is 0 Å². The summed E-state index contributed by atoms with van der Waals surface area (Å²) >= 11 is 0. The van der Waals surface area contributed by atoms with Gasteiger partial charge in [-0.15, -0.1) is 0 Å². The van der Waals surface area contributed by atoms with Crippen LogP contribution < -0.4 is 5.73 Å². The average molecular weight is 422 g/mol.